The number of guanidine groups is 1. The molecule has 2 N–H and O–H groups in total. The number of benzene rings is 1. The standard InChI is InChI=1S/C20H25N7O.HI/c1-21-20(27-10-8-26(9-11-27)15-17-7-12-28-25-17)23-14-19-22-13-18(24-19)16-5-3-2-4-6-16;/h2-7,12-13H,8-11,14-15H2,1H3,(H,21,23)(H,22,24);1H. The van der Waals surface area contributed by atoms with Crippen molar-refractivity contribution >= 4 is 29.9 Å². The van der Waals surface area contributed by atoms with Gasteiger partial charge in [-0.2, -0.15) is 0 Å². The average Bonchev–Trinajstić information content (AvgIpc) is 3.42. The highest BCUT2D eigenvalue weighted by molar-refractivity contribution is 14.0. The number of imidazole rings is 1. The van der Waals surface area contributed by atoms with E-state index < -0.39 is 0 Å². The lowest BCUT2D eigenvalue weighted by Gasteiger charge is -2.36. The number of piperazine rings is 1. The molecular weight excluding hydrogens is 481 g/mol. The zero-order chi connectivity index (χ0) is 19.2. The number of H-pyrrole nitrogens is 1. The van der Waals surface area contributed by atoms with Crippen molar-refractivity contribution in [1.82, 2.24) is 30.2 Å². The van der Waals surface area contributed by atoms with E-state index in [0.29, 0.717) is 6.54 Å². The summed E-state index contributed by atoms with van der Waals surface area (Å²) in [5.74, 6) is 1.79. The highest BCUT2D eigenvalue weighted by Gasteiger charge is 2.20. The molecule has 1 fully saturated rings. The van der Waals surface area contributed by atoms with Gasteiger partial charge in [0.1, 0.15) is 12.1 Å². The van der Waals surface area contributed by atoms with E-state index in [0.717, 1.165) is 61.5 Å². The lowest BCUT2D eigenvalue weighted by Crippen LogP contribution is -2.52. The van der Waals surface area contributed by atoms with E-state index in [1.54, 1.807) is 6.26 Å². The second kappa shape index (κ2) is 10.4. The number of aromatic nitrogens is 3. The fraction of sp³-hybridized carbons (Fsp3) is 0.350. The summed E-state index contributed by atoms with van der Waals surface area (Å²) >= 11 is 0. The Morgan fingerprint density at radius 2 is 1.97 bits per heavy atom. The molecular formula is C20H26IN7O. The molecule has 0 radical (unpaired) electrons. The van der Waals surface area contributed by atoms with Crippen molar-refractivity contribution in [1.29, 1.82) is 0 Å². The molecule has 1 aromatic carbocycles. The molecule has 0 amide bonds. The number of hydrogen-bond donors (Lipinski definition) is 2. The first-order chi connectivity index (χ1) is 13.8. The van der Waals surface area contributed by atoms with Crippen LogP contribution in [0.1, 0.15) is 11.5 Å². The van der Waals surface area contributed by atoms with Gasteiger partial charge in [0, 0.05) is 45.8 Å². The Kier molecular flexibility index (Phi) is 7.64. The van der Waals surface area contributed by atoms with Crippen LogP contribution in [0.25, 0.3) is 11.3 Å². The first-order valence-electron chi connectivity index (χ1n) is 9.48. The molecule has 0 spiro atoms. The molecule has 8 nitrogen and oxygen atoms in total. The van der Waals surface area contributed by atoms with Gasteiger partial charge in [-0.05, 0) is 5.56 Å². The molecule has 3 heterocycles. The molecule has 154 valence electrons. The third-order valence-corrected chi connectivity index (χ3v) is 4.89. The van der Waals surface area contributed by atoms with Crippen LogP contribution in [0.15, 0.2) is 58.4 Å². The van der Waals surface area contributed by atoms with Crippen molar-refractivity contribution in [3.63, 3.8) is 0 Å². The topological polar surface area (TPSA) is 85.6 Å². The summed E-state index contributed by atoms with van der Waals surface area (Å²) in [5, 5.41) is 7.41. The van der Waals surface area contributed by atoms with Crippen molar-refractivity contribution in [2.45, 2.75) is 13.1 Å². The van der Waals surface area contributed by atoms with Gasteiger partial charge in [-0.1, -0.05) is 35.5 Å². The van der Waals surface area contributed by atoms with Gasteiger partial charge in [0.05, 0.1) is 24.1 Å². The van der Waals surface area contributed by atoms with Crippen LogP contribution in [0.2, 0.25) is 0 Å². The maximum atomic E-state index is 4.91. The molecule has 1 aliphatic heterocycles. The van der Waals surface area contributed by atoms with E-state index >= 15 is 0 Å². The first kappa shape index (κ1) is 21.3. The SMILES string of the molecule is CN=C(NCc1ncc(-c2ccccc2)[nH]1)N1CCN(Cc2ccon2)CC1.I. The van der Waals surface area contributed by atoms with Gasteiger partial charge < -0.3 is 19.7 Å². The minimum absolute atomic E-state index is 0. The van der Waals surface area contributed by atoms with Crippen molar-refractivity contribution < 1.29 is 4.52 Å². The molecule has 3 aromatic rings. The zero-order valence-corrected chi connectivity index (χ0v) is 18.7. The van der Waals surface area contributed by atoms with Crippen LogP contribution in [0.4, 0.5) is 0 Å². The summed E-state index contributed by atoms with van der Waals surface area (Å²) in [5.41, 5.74) is 3.13. The molecule has 0 bridgehead atoms. The molecule has 0 unspecified atom stereocenters. The maximum Gasteiger partial charge on any atom is 0.194 e. The smallest absolute Gasteiger partial charge is 0.194 e. The van der Waals surface area contributed by atoms with Crippen molar-refractivity contribution in [2.75, 3.05) is 33.2 Å². The average molecular weight is 507 g/mol. The molecule has 0 saturated carbocycles. The number of aromatic amines is 1. The minimum Gasteiger partial charge on any atom is -0.364 e. The third kappa shape index (κ3) is 5.57. The fourth-order valence-electron chi connectivity index (χ4n) is 3.38. The van der Waals surface area contributed by atoms with Crippen molar-refractivity contribution in [3.05, 3.63) is 60.4 Å². The van der Waals surface area contributed by atoms with Gasteiger partial charge >= 0.3 is 0 Å². The predicted molar refractivity (Wildman–Crippen MR) is 123 cm³/mol. The Bertz CT molecular complexity index is 887. The second-order valence-corrected chi connectivity index (χ2v) is 6.76. The minimum atomic E-state index is 0. The van der Waals surface area contributed by atoms with E-state index in [-0.39, 0.29) is 24.0 Å². The lowest BCUT2D eigenvalue weighted by atomic mass is 10.2. The quantitative estimate of drug-likeness (QED) is 0.314. The van der Waals surface area contributed by atoms with Crippen LogP contribution >= 0.6 is 24.0 Å². The molecule has 9 heteroatoms. The fourth-order valence-corrected chi connectivity index (χ4v) is 3.38. The summed E-state index contributed by atoms with van der Waals surface area (Å²) in [6.45, 7) is 5.21. The predicted octanol–water partition coefficient (Wildman–Crippen LogP) is 2.58. The molecule has 1 saturated heterocycles. The molecule has 4 rings (SSSR count). The number of halogens is 1. The summed E-state index contributed by atoms with van der Waals surface area (Å²) in [4.78, 5) is 16.9. The lowest BCUT2D eigenvalue weighted by molar-refractivity contribution is 0.169. The monoisotopic (exact) mass is 507 g/mol. The maximum absolute atomic E-state index is 4.91. The van der Waals surface area contributed by atoms with Gasteiger partial charge in [0.25, 0.3) is 0 Å². The van der Waals surface area contributed by atoms with Gasteiger partial charge in [-0.25, -0.2) is 4.98 Å². The summed E-state index contributed by atoms with van der Waals surface area (Å²) in [6, 6.07) is 12.1. The van der Waals surface area contributed by atoms with Crippen LogP contribution in [0.5, 0.6) is 0 Å². The highest BCUT2D eigenvalue weighted by atomic mass is 127. The van der Waals surface area contributed by atoms with Gasteiger partial charge in [0.15, 0.2) is 5.96 Å². The Morgan fingerprint density at radius 3 is 2.66 bits per heavy atom. The van der Waals surface area contributed by atoms with Crippen LogP contribution < -0.4 is 5.32 Å². The van der Waals surface area contributed by atoms with Crippen LogP contribution in [-0.4, -0.2) is 64.1 Å². The molecule has 29 heavy (non-hydrogen) atoms. The summed E-state index contributed by atoms with van der Waals surface area (Å²) in [6.07, 6.45) is 3.49. The molecule has 0 atom stereocenters. The normalized spacial score (nSPS) is 15.2. The Hall–Kier alpha value is -2.40. The van der Waals surface area contributed by atoms with E-state index in [9.17, 15) is 0 Å². The first-order valence-corrected chi connectivity index (χ1v) is 9.48. The molecule has 0 aliphatic carbocycles. The van der Waals surface area contributed by atoms with E-state index in [1.807, 2.05) is 37.5 Å². The third-order valence-electron chi connectivity index (χ3n) is 4.89. The Labute approximate surface area is 187 Å². The Morgan fingerprint density at radius 1 is 1.17 bits per heavy atom. The summed E-state index contributed by atoms with van der Waals surface area (Å²) in [7, 11) is 1.82. The van der Waals surface area contributed by atoms with E-state index in [1.165, 1.54) is 0 Å². The van der Waals surface area contributed by atoms with Crippen LogP contribution in [0, 0.1) is 0 Å². The number of nitrogens with one attached hydrogen (secondary N) is 2. The molecule has 1 aliphatic rings. The number of nitrogens with zero attached hydrogens (tertiary/aromatic N) is 5. The Balaban J connectivity index is 0.00000240. The van der Waals surface area contributed by atoms with Crippen LogP contribution in [0.3, 0.4) is 0 Å². The van der Waals surface area contributed by atoms with E-state index in [4.69, 9.17) is 4.52 Å². The second-order valence-electron chi connectivity index (χ2n) is 6.76. The zero-order valence-electron chi connectivity index (χ0n) is 16.4. The highest BCUT2D eigenvalue weighted by Crippen LogP contribution is 2.16. The largest absolute Gasteiger partial charge is 0.364 e. The van der Waals surface area contributed by atoms with Gasteiger partial charge in [0.2, 0.25) is 0 Å². The number of rotatable bonds is 5. The van der Waals surface area contributed by atoms with E-state index in [2.05, 4.69) is 47.4 Å². The van der Waals surface area contributed by atoms with Gasteiger partial charge in [-0.15, -0.1) is 24.0 Å². The van der Waals surface area contributed by atoms with Crippen LogP contribution in [-0.2, 0) is 13.1 Å². The van der Waals surface area contributed by atoms with Gasteiger partial charge in [-0.3, -0.25) is 9.89 Å². The van der Waals surface area contributed by atoms with Crippen molar-refractivity contribution in [3.8, 4) is 11.3 Å². The van der Waals surface area contributed by atoms with Crippen molar-refractivity contribution in [2.24, 2.45) is 4.99 Å². The summed E-state index contributed by atoms with van der Waals surface area (Å²) < 4.78 is 4.91. The number of aliphatic imine (C=N–C) groups is 1. The molecule has 2 aromatic heterocycles. The number of hydrogen-bond acceptors (Lipinski definition) is 5.